The van der Waals surface area contributed by atoms with Crippen LogP contribution in [0.1, 0.15) is 187 Å². The van der Waals surface area contributed by atoms with Gasteiger partial charge >= 0.3 is 11.9 Å². The molecule has 0 radical (unpaired) electrons. The summed E-state index contributed by atoms with van der Waals surface area (Å²) < 4.78 is 10.6. The van der Waals surface area contributed by atoms with Crippen LogP contribution in [0.5, 0.6) is 0 Å². The monoisotopic (exact) mass is 607 g/mol. The van der Waals surface area contributed by atoms with Crippen molar-refractivity contribution in [1.29, 1.82) is 0 Å². The quantitative estimate of drug-likeness (QED) is 0.0457. The second kappa shape index (κ2) is 34.9. The second-order valence-corrected chi connectivity index (χ2v) is 12.3. The normalized spacial score (nSPS) is 12.3. The number of aliphatic hydroxyl groups is 1. The van der Waals surface area contributed by atoms with Gasteiger partial charge in [0, 0.05) is 12.8 Å². The Labute approximate surface area is 266 Å². The predicted molar refractivity (Wildman–Crippen MR) is 182 cm³/mol. The van der Waals surface area contributed by atoms with Crippen molar-refractivity contribution in [3.8, 4) is 0 Å². The van der Waals surface area contributed by atoms with Crippen molar-refractivity contribution in [3.05, 3.63) is 24.3 Å². The molecule has 0 aliphatic heterocycles. The third-order valence-electron chi connectivity index (χ3n) is 8.00. The molecule has 1 N–H and O–H groups in total. The largest absolute Gasteiger partial charge is 0.462 e. The zero-order chi connectivity index (χ0) is 31.5. The van der Waals surface area contributed by atoms with E-state index in [1.807, 2.05) is 0 Å². The molecule has 0 heterocycles. The summed E-state index contributed by atoms with van der Waals surface area (Å²) in [6.45, 7) is 4.08. The zero-order valence-corrected chi connectivity index (χ0v) is 28.5. The summed E-state index contributed by atoms with van der Waals surface area (Å²) >= 11 is 0. The van der Waals surface area contributed by atoms with Crippen molar-refractivity contribution >= 4 is 11.9 Å². The van der Waals surface area contributed by atoms with E-state index in [-0.39, 0.29) is 25.2 Å². The lowest BCUT2D eigenvalue weighted by molar-refractivity contribution is -0.161. The molecule has 0 rings (SSSR count). The second-order valence-electron chi connectivity index (χ2n) is 12.3. The third kappa shape index (κ3) is 33.1. The molecule has 252 valence electrons. The molecule has 0 aromatic carbocycles. The van der Waals surface area contributed by atoms with Crippen LogP contribution in [0.25, 0.3) is 0 Å². The molecular weight excluding hydrogens is 536 g/mol. The zero-order valence-electron chi connectivity index (χ0n) is 28.5. The Balaban J connectivity index is 3.57. The van der Waals surface area contributed by atoms with Gasteiger partial charge in [0.15, 0.2) is 6.10 Å². The highest BCUT2D eigenvalue weighted by atomic mass is 16.6. The fourth-order valence-electron chi connectivity index (χ4n) is 5.16. The van der Waals surface area contributed by atoms with E-state index in [4.69, 9.17) is 9.47 Å². The van der Waals surface area contributed by atoms with E-state index in [0.29, 0.717) is 12.8 Å². The van der Waals surface area contributed by atoms with E-state index in [2.05, 4.69) is 38.2 Å². The van der Waals surface area contributed by atoms with Crippen LogP contribution in [0.15, 0.2) is 24.3 Å². The molecule has 1 atom stereocenters. The first-order valence-corrected chi connectivity index (χ1v) is 18.4. The van der Waals surface area contributed by atoms with Gasteiger partial charge in [0.1, 0.15) is 6.61 Å². The first-order chi connectivity index (χ1) is 21.1. The van der Waals surface area contributed by atoms with Crippen molar-refractivity contribution < 1.29 is 24.2 Å². The fraction of sp³-hybridized carbons (Fsp3) is 0.842. The average Bonchev–Trinajstić information content (AvgIpc) is 3.01. The Hall–Kier alpha value is -1.62. The molecule has 0 amide bonds. The van der Waals surface area contributed by atoms with E-state index in [1.54, 1.807) is 0 Å². The summed E-state index contributed by atoms with van der Waals surface area (Å²) in [7, 11) is 0. The number of carbonyl (C=O) groups excluding carboxylic acids is 2. The third-order valence-corrected chi connectivity index (χ3v) is 8.00. The van der Waals surface area contributed by atoms with Gasteiger partial charge in [-0.25, -0.2) is 0 Å². The summed E-state index contributed by atoms with van der Waals surface area (Å²) in [5, 5.41) is 9.52. The molecule has 5 nitrogen and oxygen atoms in total. The molecule has 0 aliphatic rings. The van der Waals surface area contributed by atoms with Crippen molar-refractivity contribution in [3.63, 3.8) is 0 Å². The maximum absolute atomic E-state index is 12.1. The highest BCUT2D eigenvalue weighted by molar-refractivity contribution is 5.70. The smallest absolute Gasteiger partial charge is 0.306 e. The van der Waals surface area contributed by atoms with Crippen molar-refractivity contribution in [2.24, 2.45) is 0 Å². The Bertz CT molecular complexity index is 657. The van der Waals surface area contributed by atoms with Crippen molar-refractivity contribution in [2.75, 3.05) is 13.2 Å². The van der Waals surface area contributed by atoms with Gasteiger partial charge in [-0.15, -0.1) is 0 Å². The molecule has 0 aliphatic carbocycles. The Morgan fingerprint density at radius 1 is 0.535 bits per heavy atom. The summed E-state index contributed by atoms with van der Waals surface area (Å²) in [4.78, 5) is 24.2. The van der Waals surface area contributed by atoms with E-state index >= 15 is 0 Å². The number of aliphatic hydroxyl groups excluding tert-OH is 1. The standard InChI is InChI=1S/C38H70O5/c1-3-5-7-9-11-13-15-17-19-21-23-25-27-29-31-33-38(41)43-36(34-39)35-42-37(40)32-30-28-26-24-22-20-18-16-14-12-10-8-6-4-2/h10,12,16,18,36,39H,3-9,11,13-15,17,19-35H2,1-2H3/b12-10-,18-16-/t36-/m0/s1. The minimum atomic E-state index is -0.771. The van der Waals surface area contributed by atoms with Crippen LogP contribution in [0, 0.1) is 0 Å². The number of esters is 2. The van der Waals surface area contributed by atoms with E-state index in [1.165, 1.54) is 109 Å². The fourth-order valence-corrected chi connectivity index (χ4v) is 5.16. The molecule has 0 unspecified atom stereocenters. The number of hydrogen-bond donors (Lipinski definition) is 1. The van der Waals surface area contributed by atoms with Gasteiger partial charge in [-0.1, -0.05) is 160 Å². The molecule has 0 aromatic heterocycles. The average molecular weight is 607 g/mol. The Kier molecular flexibility index (Phi) is 33.6. The van der Waals surface area contributed by atoms with Gasteiger partial charge in [0.25, 0.3) is 0 Å². The van der Waals surface area contributed by atoms with Gasteiger partial charge < -0.3 is 14.6 Å². The summed E-state index contributed by atoms with van der Waals surface area (Å²) in [5.74, 6) is -0.602. The molecule has 43 heavy (non-hydrogen) atoms. The highest BCUT2D eigenvalue weighted by Gasteiger charge is 2.16. The minimum absolute atomic E-state index is 0.0694. The molecule has 5 heteroatoms. The predicted octanol–water partition coefficient (Wildman–Crippen LogP) is 11.1. The number of unbranched alkanes of at least 4 members (excludes halogenated alkanes) is 21. The number of carbonyl (C=O) groups is 2. The maximum atomic E-state index is 12.1. The van der Waals surface area contributed by atoms with Crippen LogP contribution in [-0.4, -0.2) is 36.4 Å². The Morgan fingerprint density at radius 2 is 0.953 bits per heavy atom. The van der Waals surface area contributed by atoms with Gasteiger partial charge in [0.05, 0.1) is 6.61 Å². The van der Waals surface area contributed by atoms with Crippen LogP contribution in [0.2, 0.25) is 0 Å². The van der Waals surface area contributed by atoms with Gasteiger partial charge in [-0.05, 0) is 38.5 Å². The van der Waals surface area contributed by atoms with Crippen LogP contribution in [0.4, 0.5) is 0 Å². The maximum Gasteiger partial charge on any atom is 0.306 e. The first kappa shape index (κ1) is 41.4. The number of ether oxygens (including phenoxy) is 2. The number of hydrogen-bond acceptors (Lipinski definition) is 5. The summed E-state index contributed by atoms with van der Waals surface area (Å²) in [6.07, 6.45) is 39.4. The van der Waals surface area contributed by atoms with Gasteiger partial charge in [-0.3, -0.25) is 9.59 Å². The van der Waals surface area contributed by atoms with Crippen LogP contribution >= 0.6 is 0 Å². The van der Waals surface area contributed by atoms with Crippen LogP contribution in [0.3, 0.4) is 0 Å². The SMILES string of the molecule is CCCC/C=C\C/C=C\CCCCCCCC(=O)OC[C@H](CO)OC(=O)CCCCCCCCCCCCCCCCC. The van der Waals surface area contributed by atoms with Gasteiger partial charge in [-0.2, -0.15) is 0 Å². The van der Waals surface area contributed by atoms with E-state index < -0.39 is 6.10 Å². The van der Waals surface area contributed by atoms with E-state index in [0.717, 1.165) is 51.4 Å². The number of allylic oxidation sites excluding steroid dienone is 4. The lowest BCUT2D eigenvalue weighted by Crippen LogP contribution is -2.28. The highest BCUT2D eigenvalue weighted by Crippen LogP contribution is 2.14. The lowest BCUT2D eigenvalue weighted by Gasteiger charge is -2.15. The lowest BCUT2D eigenvalue weighted by atomic mass is 10.0. The molecule has 0 bridgehead atoms. The molecule has 0 aromatic rings. The van der Waals surface area contributed by atoms with Gasteiger partial charge in [0.2, 0.25) is 0 Å². The van der Waals surface area contributed by atoms with Crippen molar-refractivity contribution in [1.82, 2.24) is 0 Å². The van der Waals surface area contributed by atoms with E-state index in [9.17, 15) is 14.7 Å². The molecule has 0 spiro atoms. The summed E-state index contributed by atoms with van der Waals surface area (Å²) in [5.41, 5.74) is 0. The van der Waals surface area contributed by atoms with Crippen LogP contribution in [-0.2, 0) is 19.1 Å². The minimum Gasteiger partial charge on any atom is -0.462 e. The molecule has 0 fully saturated rings. The summed E-state index contributed by atoms with van der Waals surface area (Å²) in [6, 6.07) is 0. The first-order valence-electron chi connectivity index (χ1n) is 18.4. The van der Waals surface area contributed by atoms with Crippen LogP contribution < -0.4 is 0 Å². The molecular formula is C38H70O5. The topological polar surface area (TPSA) is 72.8 Å². The van der Waals surface area contributed by atoms with Crippen molar-refractivity contribution in [2.45, 2.75) is 193 Å². The molecule has 0 saturated carbocycles. The number of rotatable bonds is 33. The molecule has 0 saturated heterocycles. The Morgan fingerprint density at radius 3 is 1.44 bits per heavy atom.